The summed E-state index contributed by atoms with van der Waals surface area (Å²) in [5.74, 6) is 0.915. The van der Waals surface area contributed by atoms with Crippen LogP contribution in [0.2, 0.25) is 0 Å². The average molecular weight is 194 g/mol. The van der Waals surface area contributed by atoms with Gasteiger partial charge in [-0.05, 0) is 25.0 Å². The van der Waals surface area contributed by atoms with Crippen molar-refractivity contribution in [1.29, 1.82) is 0 Å². The van der Waals surface area contributed by atoms with E-state index in [0.717, 1.165) is 25.2 Å². The fourth-order valence-corrected chi connectivity index (χ4v) is 1.04. The number of hydrogen-bond acceptors (Lipinski definition) is 1. The summed E-state index contributed by atoms with van der Waals surface area (Å²) in [7, 11) is 0. The van der Waals surface area contributed by atoms with E-state index in [1.165, 1.54) is 12.8 Å². The lowest BCUT2D eigenvalue weighted by Crippen LogP contribution is -1.92. The molecule has 1 heteroatoms. The Morgan fingerprint density at radius 1 is 1.29 bits per heavy atom. The predicted octanol–water partition coefficient (Wildman–Crippen LogP) is 4.23. The molecule has 0 aromatic carbocycles. The lowest BCUT2D eigenvalue weighted by Gasteiger charge is -2.05. The minimum atomic E-state index is 0.807. The second-order valence-corrected chi connectivity index (χ2v) is 3.17. The standard InChI is InChI=1S/C13H22O/c1-4-7-9-12-14-13(10-6-3)11-8-5-2/h6,8,10-11H,3-5,7,9,12H2,1-2H3/b11-8-,13-10+. The van der Waals surface area contributed by atoms with E-state index in [-0.39, 0.29) is 0 Å². The number of rotatable bonds is 8. The van der Waals surface area contributed by atoms with Crippen molar-refractivity contribution in [1.82, 2.24) is 0 Å². The SMILES string of the molecule is C=C/C=C(\C=C/CC)OCCCCC. The van der Waals surface area contributed by atoms with Crippen LogP contribution in [-0.4, -0.2) is 6.61 Å². The Kier molecular flexibility index (Phi) is 9.40. The van der Waals surface area contributed by atoms with E-state index in [9.17, 15) is 0 Å². The zero-order valence-corrected chi connectivity index (χ0v) is 9.46. The van der Waals surface area contributed by atoms with E-state index in [1.807, 2.05) is 12.2 Å². The minimum absolute atomic E-state index is 0.807. The topological polar surface area (TPSA) is 9.23 Å². The van der Waals surface area contributed by atoms with Gasteiger partial charge in [-0.15, -0.1) is 0 Å². The van der Waals surface area contributed by atoms with Crippen molar-refractivity contribution in [3.63, 3.8) is 0 Å². The molecule has 0 aromatic heterocycles. The number of ether oxygens (including phenoxy) is 1. The van der Waals surface area contributed by atoms with Gasteiger partial charge in [0, 0.05) is 0 Å². The van der Waals surface area contributed by atoms with Crippen molar-refractivity contribution in [2.75, 3.05) is 6.61 Å². The van der Waals surface area contributed by atoms with Gasteiger partial charge in [0.1, 0.15) is 5.76 Å². The molecule has 0 aromatic rings. The zero-order valence-electron chi connectivity index (χ0n) is 9.46. The van der Waals surface area contributed by atoms with Crippen molar-refractivity contribution in [2.45, 2.75) is 39.5 Å². The molecule has 0 heterocycles. The third-order valence-electron chi connectivity index (χ3n) is 1.82. The Morgan fingerprint density at radius 3 is 2.64 bits per heavy atom. The zero-order chi connectivity index (χ0) is 10.6. The van der Waals surface area contributed by atoms with Gasteiger partial charge in [0.25, 0.3) is 0 Å². The fraction of sp³-hybridized carbons (Fsp3) is 0.538. The van der Waals surface area contributed by atoms with E-state index in [1.54, 1.807) is 6.08 Å². The summed E-state index contributed by atoms with van der Waals surface area (Å²) in [6.07, 6.45) is 12.4. The second kappa shape index (κ2) is 10.1. The molecule has 1 nitrogen and oxygen atoms in total. The maximum absolute atomic E-state index is 5.59. The molecule has 0 aliphatic rings. The van der Waals surface area contributed by atoms with Crippen LogP contribution in [0.1, 0.15) is 39.5 Å². The first-order chi connectivity index (χ1) is 6.85. The molecule has 0 unspecified atom stereocenters. The number of hydrogen-bond donors (Lipinski definition) is 0. The quantitative estimate of drug-likeness (QED) is 0.319. The van der Waals surface area contributed by atoms with Crippen molar-refractivity contribution in [2.24, 2.45) is 0 Å². The van der Waals surface area contributed by atoms with Gasteiger partial charge in [-0.2, -0.15) is 0 Å². The van der Waals surface area contributed by atoms with Crippen molar-refractivity contribution < 1.29 is 4.74 Å². The molecular weight excluding hydrogens is 172 g/mol. The fourth-order valence-electron chi connectivity index (χ4n) is 1.04. The van der Waals surface area contributed by atoms with Gasteiger partial charge in [-0.3, -0.25) is 0 Å². The molecule has 0 aliphatic carbocycles. The van der Waals surface area contributed by atoms with Crippen molar-refractivity contribution in [3.05, 3.63) is 36.6 Å². The van der Waals surface area contributed by atoms with E-state index >= 15 is 0 Å². The van der Waals surface area contributed by atoms with E-state index in [2.05, 4.69) is 26.5 Å². The molecular formula is C13H22O. The first-order valence-electron chi connectivity index (χ1n) is 5.47. The monoisotopic (exact) mass is 194 g/mol. The van der Waals surface area contributed by atoms with Crippen LogP contribution in [0.15, 0.2) is 36.6 Å². The van der Waals surface area contributed by atoms with Crippen LogP contribution in [-0.2, 0) is 4.74 Å². The van der Waals surface area contributed by atoms with Crippen molar-refractivity contribution in [3.8, 4) is 0 Å². The number of allylic oxidation sites excluding steroid dienone is 4. The molecule has 0 amide bonds. The Hall–Kier alpha value is -0.980. The molecule has 0 aliphatic heterocycles. The summed E-state index contributed by atoms with van der Waals surface area (Å²) in [6.45, 7) is 8.77. The number of unbranched alkanes of at least 4 members (excludes halogenated alkanes) is 2. The highest BCUT2D eigenvalue weighted by molar-refractivity contribution is 5.16. The lowest BCUT2D eigenvalue weighted by atomic mass is 10.3. The van der Waals surface area contributed by atoms with Gasteiger partial charge in [0.2, 0.25) is 0 Å². The predicted molar refractivity (Wildman–Crippen MR) is 63.2 cm³/mol. The summed E-state index contributed by atoms with van der Waals surface area (Å²) < 4.78 is 5.59. The van der Waals surface area contributed by atoms with Gasteiger partial charge in [-0.1, -0.05) is 45.4 Å². The Labute approximate surface area is 88.2 Å². The summed E-state index contributed by atoms with van der Waals surface area (Å²) in [5, 5.41) is 0. The molecule has 0 atom stereocenters. The molecule has 0 fully saturated rings. The molecule has 0 rings (SSSR count). The van der Waals surface area contributed by atoms with Crippen LogP contribution in [0.25, 0.3) is 0 Å². The van der Waals surface area contributed by atoms with Crippen LogP contribution < -0.4 is 0 Å². The first-order valence-corrected chi connectivity index (χ1v) is 5.47. The highest BCUT2D eigenvalue weighted by atomic mass is 16.5. The van der Waals surface area contributed by atoms with E-state index < -0.39 is 0 Å². The highest BCUT2D eigenvalue weighted by Crippen LogP contribution is 2.04. The van der Waals surface area contributed by atoms with Crippen LogP contribution in [0.4, 0.5) is 0 Å². The Morgan fingerprint density at radius 2 is 2.07 bits per heavy atom. The van der Waals surface area contributed by atoms with Crippen LogP contribution >= 0.6 is 0 Å². The molecule has 0 saturated heterocycles. The van der Waals surface area contributed by atoms with Gasteiger partial charge < -0.3 is 4.74 Å². The molecule has 0 bridgehead atoms. The van der Waals surface area contributed by atoms with E-state index in [4.69, 9.17) is 4.74 Å². The molecule has 0 radical (unpaired) electrons. The van der Waals surface area contributed by atoms with Crippen LogP contribution in [0.5, 0.6) is 0 Å². The molecule has 0 N–H and O–H groups in total. The summed E-state index contributed by atoms with van der Waals surface area (Å²) in [4.78, 5) is 0. The maximum atomic E-state index is 5.59. The summed E-state index contributed by atoms with van der Waals surface area (Å²) >= 11 is 0. The van der Waals surface area contributed by atoms with Crippen LogP contribution in [0, 0.1) is 0 Å². The molecule has 80 valence electrons. The van der Waals surface area contributed by atoms with Gasteiger partial charge >= 0.3 is 0 Å². The largest absolute Gasteiger partial charge is 0.494 e. The normalized spacial score (nSPS) is 12.0. The van der Waals surface area contributed by atoms with Gasteiger partial charge in [0.15, 0.2) is 0 Å². The molecule has 0 spiro atoms. The highest BCUT2D eigenvalue weighted by Gasteiger charge is 1.91. The Bertz CT molecular complexity index is 189. The van der Waals surface area contributed by atoms with Crippen molar-refractivity contribution >= 4 is 0 Å². The smallest absolute Gasteiger partial charge is 0.118 e. The van der Waals surface area contributed by atoms with Gasteiger partial charge in [-0.25, -0.2) is 0 Å². The lowest BCUT2D eigenvalue weighted by molar-refractivity contribution is 0.217. The third kappa shape index (κ3) is 7.66. The molecule has 0 saturated carbocycles. The summed E-state index contributed by atoms with van der Waals surface area (Å²) in [6, 6.07) is 0. The van der Waals surface area contributed by atoms with Crippen LogP contribution in [0.3, 0.4) is 0 Å². The van der Waals surface area contributed by atoms with E-state index in [0.29, 0.717) is 0 Å². The average Bonchev–Trinajstić information content (AvgIpc) is 2.20. The second-order valence-electron chi connectivity index (χ2n) is 3.17. The molecule has 14 heavy (non-hydrogen) atoms. The summed E-state index contributed by atoms with van der Waals surface area (Å²) in [5.41, 5.74) is 0. The minimum Gasteiger partial charge on any atom is -0.494 e. The third-order valence-corrected chi connectivity index (χ3v) is 1.82. The maximum Gasteiger partial charge on any atom is 0.118 e. The van der Waals surface area contributed by atoms with Gasteiger partial charge in [0.05, 0.1) is 6.61 Å². The first kappa shape index (κ1) is 13.0. The Balaban J connectivity index is 3.80.